The van der Waals surface area contributed by atoms with Gasteiger partial charge in [-0.2, -0.15) is 0 Å². The quantitative estimate of drug-likeness (QED) is 0.820. The smallest absolute Gasteiger partial charge is 0.265 e. The lowest BCUT2D eigenvalue weighted by atomic mass is 10.3. The number of halogens is 2. The molecular formula is C11H7Cl2NO2S. The van der Waals surface area contributed by atoms with Gasteiger partial charge in [-0.05, 0) is 30.3 Å². The van der Waals surface area contributed by atoms with E-state index in [2.05, 4.69) is 5.32 Å². The van der Waals surface area contributed by atoms with Gasteiger partial charge in [0.15, 0.2) is 0 Å². The second-order valence-electron chi connectivity index (χ2n) is 3.22. The van der Waals surface area contributed by atoms with E-state index in [1.165, 1.54) is 23.5 Å². The second-order valence-corrected chi connectivity index (χ2v) is 5.35. The van der Waals surface area contributed by atoms with E-state index >= 15 is 0 Å². The van der Waals surface area contributed by atoms with Crippen LogP contribution in [0.5, 0.6) is 5.75 Å². The number of hydrogen-bond donors (Lipinski definition) is 2. The van der Waals surface area contributed by atoms with E-state index in [0.717, 1.165) is 0 Å². The minimum atomic E-state index is -0.261. The van der Waals surface area contributed by atoms with Crippen LogP contribution in [0.1, 0.15) is 9.67 Å². The van der Waals surface area contributed by atoms with E-state index in [4.69, 9.17) is 23.2 Å². The van der Waals surface area contributed by atoms with Crippen LogP contribution in [-0.2, 0) is 0 Å². The number of aromatic hydroxyl groups is 1. The van der Waals surface area contributed by atoms with Crippen LogP contribution in [0.25, 0.3) is 0 Å². The molecule has 0 fully saturated rings. The van der Waals surface area contributed by atoms with E-state index < -0.39 is 0 Å². The molecule has 0 saturated heterocycles. The summed E-state index contributed by atoms with van der Waals surface area (Å²) in [4.78, 5) is 12.3. The Bertz CT molecular complexity index is 568. The van der Waals surface area contributed by atoms with Crippen molar-refractivity contribution < 1.29 is 9.90 Å². The number of nitrogens with one attached hydrogen (secondary N) is 1. The van der Waals surface area contributed by atoms with Gasteiger partial charge in [0, 0.05) is 5.69 Å². The van der Waals surface area contributed by atoms with Crippen molar-refractivity contribution >= 4 is 46.1 Å². The number of phenolic OH excluding ortho intramolecular Hbond substituents is 1. The molecule has 1 aromatic carbocycles. The molecule has 3 nitrogen and oxygen atoms in total. The number of amides is 1. The summed E-state index contributed by atoms with van der Waals surface area (Å²) >= 11 is 12.7. The zero-order chi connectivity index (χ0) is 12.4. The van der Waals surface area contributed by atoms with E-state index in [1.807, 2.05) is 0 Å². The first kappa shape index (κ1) is 12.2. The van der Waals surface area contributed by atoms with Crippen LogP contribution in [0.4, 0.5) is 5.69 Å². The highest BCUT2D eigenvalue weighted by Gasteiger charge is 2.09. The van der Waals surface area contributed by atoms with Crippen LogP contribution in [-0.4, -0.2) is 11.0 Å². The SMILES string of the molecule is O=C(Nc1ccc(O)c(Cl)c1)c1ccc(Cl)s1. The van der Waals surface area contributed by atoms with Crippen molar-refractivity contribution in [3.8, 4) is 5.75 Å². The molecule has 0 aliphatic rings. The van der Waals surface area contributed by atoms with Gasteiger partial charge in [-0.15, -0.1) is 11.3 Å². The third-order valence-corrected chi connectivity index (χ3v) is 3.54. The fraction of sp³-hybridized carbons (Fsp3) is 0. The number of thiophene rings is 1. The molecule has 2 aromatic rings. The fourth-order valence-corrected chi connectivity index (χ4v) is 2.33. The molecule has 0 bridgehead atoms. The van der Waals surface area contributed by atoms with Gasteiger partial charge in [-0.1, -0.05) is 23.2 Å². The lowest BCUT2D eigenvalue weighted by Crippen LogP contribution is -2.09. The Labute approximate surface area is 112 Å². The minimum absolute atomic E-state index is 0.0242. The molecule has 0 saturated carbocycles. The summed E-state index contributed by atoms with van der Waals surface area (Å²) in [6, 6.07) is 7.76. The van der Waals surface area contributed by atoms with Gasteiger partial charge < -0.3 is 10.4 Å². The van der Waals surface area contributed by atoms with Crippen LogP contribution in [0.15, 0.2) is 30.3 Å². The Morgan fingerprint density at radius 3 is 2.59 bits per heavy atom. The normalized spacial score (nSPS) is 10.2. The van der Waals surface area contributed by atoms with E-state index in [-0.39, 0.29) is 16.7 Å². The molecule has 0 unspecified atom stereocenters. The van der Waals surface area contributed by atoms with Crippen LogP contribution < -0.4 is 5.32 Å². The molecule has 0 atom stereocenters. The molecule has 0 radical (unpaired) electrons. The van der Waals surface area contributed by atoms with Crippen LogP contribution in [0.2, 0.25) is 9.36 Å². The molecule has 1 amide bonds. The largest absolute Gasteiger partial charge is 0.506 e. The summed E-state index contributed by atoms with van der Waals surface area (Å²) < 4.78 is 0.555. The number of carbonyl (C=O) groups is 1. The molecule has 0 aliphatic carbocycles. The van der Waals surface area contributed by atoms with Gasteiger partial charge in [0.25, 0.3) is 5.91 Å². The van der Waals surface area contributed by atoms with E-state index in [0.29, 0.717) is 14.9 Å². The standard InChI is InChI=1S/C11H7Cl2NO2S/c12-7-5-6(1-2-8(7)15)14-11(16)9-3-4-10(13)17-9/h1-5,15H,(H,14,16). The Hall–Kier alpha value is -1.23. The molecule has 1 heterocycles. The third kappa shape index (κ3) is 2.91. The maximum atomic E-state index is 11.8. The summed E-state index contributed by atoms with van der Waals surface area (Å²) in [6.07, 6.45) is 0. The summed E-state index contributed by atoms with van der Waals surface area (Å²) in [6.45, 7) is 0. The predicted molar refractivity (Wildman–Crippen MR) is 70.4 cm³/mol. The molecule has 17 heavy (non-hydrogen) atoms. The summed E-state index contributed by atoms with van der Waals surface area (Å²) in [7, 11) is 0. The first-order valence-electron chi connectivity index (χ1n) is 4.61. The number of anilines is 1. The number of carbonyl (C=O) groups excluding carboxylic acids is 1. The molecule has 1 aromatic heterocycles. The van der Waals surface area contributed by atoms with Crippen molar-refractivity contribution in [3.05, 3.63) is 44.6 Å². The first-order chi connectivity index (χ1) is 8.06. The number of rotatable bonds is 2. The van der Waals surface area contributed by atoms with Gasteiger partial charge in [-0.3, -0.25) is 4.79 Å². The first-order valence-corrected chi connectivity index (χ1v) is 6.19. The van der Waals surface area contributed by atoms with Crippen molar-refractivity contribution in [2.24, 2.45) is 0 Å². The summed E-state index contributed by atoms with van der Waals surface area (Å²) in [5.74, 6) is -0.285. The topological polar surface area (TPSA) is 49.3 Å². The molecule has 6 heteroatoms. The Kier molecular flexibility index (Phi) is 3.57. The van der Waals surface area contributed by atoms with Crippen molar-refractivity contribution in [3.63, 3.8) is 0 Å². The highest BCUT2D eigenvalue weighted by molar-refractivity contribution is 7.18. The maximum absolute atomic E-state index is 11.8. The molecular weight excluding hydrogens is 281 g/mol. The average molecular weight is 288 g/mol. The zero-order valence-electron chi connectivity index (χ0n) is 8.41. The molecule has 2 rings (SSSR count). The van der Waals surface area contributed by atoms with Crippen molar-refractivity contribution in [1.29, 1.82) is 0 Å². The van der Waals surface area contributed by atoms with Gasteiger partial charge in [-0.25, -0.2) is 0 Å². The van der Waals surface area contributed by atoms with Crippen molar-refractivity contribution in [2.75, 3.05) is 5.32 Å². The third-order valence-electron chi connectivity index (χ3n) is 2.00. The zero-order valence-corrected chi connectivity index (χ0v) is 10.7. The lowest BCUT2D eigenvalue weighted by molar-refractivity contribution is 0.103. The van der Waals surface area contributed by atoms with Gasteiger partial charge in [0.05, 0.1) is 14.2 Å². The summed E-state index contributed by atoms with van der Waals surface area (Å²) in [5.41, 5.74) is 0.516. The minimum Gasteiger partial charge on any atom is -0.506 e. The molecule has 0 aliphatic heterocycles. The van der Waals surface area contributed by atoms with Crippen LogP contribution in [0, 0.1) is 0 Å². The highest BCUT2D eigenvalue weighted by atomic mass is 35.5. The van der Waals surface area contributed by atoms with Crippen LogP contribution in [0.3, 0.4) is 0 Å². The number of hydrogen-bond acceptors (Lipinski definition) is 3. The maximum Gasteiger partial charge on any atom is 0.265 e. The van der Waals surface area contributed by atoms with Gasteiger partial charge >= 0.3 is 0 Å². The average Bonchev–Trinajstić information content (AvgIpc) is 2.70. The fourth-order valence-electron chi connectivity index (χ4n) is 1.21. The van der Waals surface area contributed by atoms with Crippen LogP contribution >= 0.6 is 34.5 Å². The Balaban J connectivity index is 2.15. The van der Waals surface area contributed by atoms with E-state index in [9.17, 15) is 9.90 Å². The molecule has 2 N–H and O–H groups in total. The van der Waals surface area contributed by atoms with Crippen molar-refractivity contribution in [2.45, 2.75) is 0 Å². The van der Waals surface area contributed by atoms with Crippen molar-refractivity contribution in [1.82, 2.24) is 0 Å². The van der Waals surface area contributed by atoms with E-state index in [1.54, 1.807) is 18.2 Å². The Morgan fingerprint density at radius 1 is 1.24 bits per heavy atom. The highest BCUT2D eigenvalue weighted by Crippen LogP contribution is 2.27. The number of phenols is 1. The van der Waals surface area contributed by atoms with Gasteiger partial charge in [0.1, 0.15) is 5.75 Å². The lowest BCUT2D eigenvalue weighted by Gasteiger charge is -2.04. The number of benzene rings is 1. The van der Waals surface area contributed by atoms with Gasteiger partial charge in [0.2, 0.25) is 0 Å². The second kappa shape index (κ2) is 4.96. The Morgan fingerprint density at radius 2 is 2.00 bits per heavy atom. The molecule has 0 spiro atoms. The molecule has 88 valence electrons. The monoisotopic (exact) mass is 287 g/mol. The predicted octanol–water partition coefficient (Wildman–Crippen LogP) is 4.01. The summed E-state index contributed by atoms with van der Waals surface area (Å²) in [5, 5.41) is 12.1.